The van der Waals surface area contributed by atoms with Gasteiger partial charge in [-0.2, -0.15) is 0 Å². The van der Waals surface area contributed by atoms with Gasteiger partial charge in [-0.3, -0.25) is 0 Å². The summed E-state index contributed by atoms with van der Waals surface area (Å²) in [6.45, 7) is 3.77. The molecule has 2 rings (SSSR count). The van der Waals surface area contributed by atoms with Crippen LogP contribution in [0.15, 0.2) is 54.6 Å². The number of rotatable bonds is 5. The molecule has 2 aromatic rings. The fourth-order valence-corrected chi connectivity index (χ4v) is 2.21. The number of carbonyl (C=O) groups is 2. The van der Waals surface area contributed by atoms with Gasteiger partial charge in [-0.1, -0.05) is 49.4 Å². The van der Waals surface area contributed by atoms with Crippen molar-refractivity contribution in [3.8, 4) is 0 Å². The molecular weight excluding hydrogens is 280 g/mol. The van der Waals surface area contributed by atoms with E-state index in [1.165, 1.54) is 12.1 Å². The highest BCUT2D eigenvalue weighted by molar-refractivity contribution is 6.02. The minimum atomic E-state index is -1.14. The van der Waals surface area contributed by atoms with Crippen molar-refractivity contribution >= 4 is 11.9 Å². The molecule has 0 heterocycles. The molecule has 2 aromatic carbocycles. The molecule has 4 nitrogen and oxygen atoms in total. The van der Waals surface area contributed by atoms with Crippen LogP contribution in [0.1, 0.15) is 46.0 Å². The monoisotopic (exact) mass is 298 g/mol. The molecule has 0 fully saturated rings. The van der Waals surface area contributed by atoms with Gasteiger partial charge in [-0.05, 0) is 24.6 Å². The molecule has 2 atom stereocenters. The van der Waals surface area contributed by atoms with E-state index in [2.05, 4.69) is 0 Å². The van der Waals surface area contributed by atoms with Crippen molar-refractivity contribution in [3.63, 3.8) is 0 Å². The number of carboxylic acid groups (broad SMARTS) is 1. The molecular formula is C18H18O4. The van der Waals surface area contributed by atoms with Crippen molar-refractivity contribution in [1.29, 1.82) is 0 Å². The lowest BCUT2D eigenvalue weighted by Gasteiger charge is -2.21. The Hall–Kier alpha value is -2.62. The Morgan fingerprint density at radius 2 is 1.45 bits per heavy atom. The zero-order valence-electron chi connectivity index (χ0n) is 12.5. The average molecular weight is 298 g/mol. The average Bonchev–Trinajstić information content (AvgIpc) is 2.54. The second kappa shape index (κ2) is 6.89. The summed E-state index contributed by atoms with van der Waals surface area (Å²) in [5, 5.41) is 9.13. The van der Waals surface area contributed by atoms with Gasteiger partial charge in [0.2, 0.25) is 0 Å². The summed E-state index contributed by atoms with van der Waals surface area (Å²) in [5.74, 6) is -1.74. The van der Waals surface area contributed by atoms with Crippen LogP contribution >= 0.6 is 0 Å². The Labute approximate surface area is 129 Å². The van der Waals surface area contributed by atoms with Crippen molar-refractivity contribution in [2.45, 2.75) is 25.9 Å². The summed E-state index contributed by atoms with van der Waals surface area (Å²) in [5.41, 5.74) is 1.09. The van der Waals surface area contributed by atoms with E-state index in [1.54, 1.807) is 19.1 Å². The predicted molar refractivity (Wildman–Crippen MR) is 83.1 cm³/mol. The Morgan fingerprint density at radius 1 is 0.909 bits per heavy atom. The van der Waals surface area contributed by atoms with Crippen molar-refractivity contribution in [3.05, 3.63) is 71.3 Å². The minimum Gasteiger partial charge on any atom is -0.478 e. The number of ether oxygens (including phenoxy) is 1. The molecule has 0 saturated carbocycles. The molecule has 22 heavy (non-hydrogen) atoms. The van der Waals surface area contributed by atoms with Gasteiger partial charge in [0.25, 0.3) is 0 Å². The summed E-state index contributed by atoms with van der Waals surface area (Å²) in [6.07, 6.45) is -0.364. The Kier molecular flexibility index (Phi) is 4.94. The van der Waals surface area contributed by atoms with E-state index >= 15 is 0 Å². The maximum absolute atomic E-state index is 12.2. The molecule has 0 aliphatic heterocycles. The molecule has 114 valence electrons. The fraction of sp³-hybridized carbons (Fsp3) is 0.222. The highest BCUT2D eigenvalue weighted by Crippen LogP contribution is 2.22. The lowest BCUT2D eigenvalue weighted by molar-refractivity contribution is 0.0288. The minimum absolute atomic E-state index is 0.0159. The number of hydrogen-bond donors (Lipinski definition) is 1. The zero-order chi connectivity index (χ0) is 16.1. The molecule has 0 aliphatic carbocycles. The molecule has 0 spiro atoms. The number of carbonyl (C=O) groups excluding carboxylic acids is 1. The summed E-state index contributed by atoms with van der Waals surface area (Å²) >= 11 is 0. The molecule has 0 bridgehead atoms. The molecule has 0 aromatic heterocycles. The maximum atomic E-state index is 12.2. The summed E-state index contributed by atoms with van der Waals surface area (Å²) < 4.78 is 5.44. The van der Waals surface area contributed by atoms with E-state index < -0.39 is 11.9 Å². The van der Waals surface area contributed by atoms with Crippen LogP contribution in [-0.2, 0) is 4.74 Å². The molecule has 0 unspecified atom stereocenters. The third-order valence-electron chi connectivity index (χ3n) is 3.70. The fourth-order valence-electron chi connectivity index (χ4n) is 2.21. The van der Waals surface area contributed by atoms with E-state index in [0.29, 0.717) is 0 Å². The topological polar surface area (TPSA) is 63.6 Å². The molecule has 4 heteroatoms. The third kappa shape index (κ3) is 3.52. The van der Waals surface area contributed by atoms with Crippen LogP contribution in [0.3, 0.4) is 0 Å². The number of aromatic carboxylic acids is 1. The Bertz CT molecular complexity index is 664. The SMILES string of the molecule is C[C@@H](OC(=O)c1ccccc1C(=O)O)[C@@H](C)c1ccccc1. The van der Waals surface area contributed by atoms with E-state index in [0.717, 1.165) is 5.56 Å². The third-order valence-corrected chi connectivity index (χ3v) is 3.70. The largest absolute Gasteiger partial charge is 0.478 e. The van der Waals surface area contributed by atoms with Crippen LogP contribution in [-0.4, -0.2) is 23.1 Å². The zero-order valence-corrected chi connectivity index (χ0v) is 12.5. The quantitative estimate of drug-likeness (QED) is 0.854. The van der Waals surface area contributed by atoms with Gasteiger partial charge in [-0.15, -0.1) is 0 Å². The lowest BCUT2D eigenvalue weighted by Crippen LogP contribution is -2.22. The van der Waals surface area contributed by atoms with Gasteiger partial charge in [-0.25, -0.2) is 9.59 Å². The molecule has 0 amide bonds. The first kappa shape index (κ1) is 15.8. The number of benzene rings is 2. The van der Waals surface area contributed by atoms with Gasteiger partial charge in [0.05, 0.1) is 11.1 Å². The van der Waals surface area contributed by atoms with E-state index in [1.807, 2.05) is 37.3 Å². The van der Waals surface area contributed by atoms with Crippen LogP contribution in [0.25, 0.3) is 0 Å². The highest BCUT2D eigenvalue weighted by Gasteiger charge is 2.22. The normalized spacial score (nSPS) is 13.2. The summed E-state index contributed by atoms with van der Waals surface area (Å²) in [6, 6.07) is 15.8. The van der Waals surface area contributed by atoms with Crippen LogP contribution in [0.2, 0.25) is 0 Å². The van der Waals surface area contributed by atoms with Crippen LogP contribution in [0.5, 0.6) is 0 Å². The number of carboxylic acids is 1. The van der Waals surface area contributed by atoms with Crippen molar-refractivity contribution in [1.82, 2.24) is 0 Å². The Morgan fingerprint density at radius 3 is 2.05 bits per heavy atom. The predicted octanol–water partition coefficient (Wildman–Crippen LogP) is 3.73. The van der Waals surface area contributed by atoms with E-state index in [4.69, 9.17) is 9.84 Å². The molecule has 0 saturated heterocycles. The standard InChI is InChI=1S/C18H18O4/c1-12(14-8-4-3-5-9-14)13(2)22-18(21)16-11-7-6-10-15(16)17(19)20/h3-13H,1-2H3,(H,19,20)/t12-,13-/m1/s1. The number of esters is 1. The molecule has 0 radical (unpaired) electrons. The van der Waals surface area contributed by atoms with Crippen LogP contribution < -0.4 is 0 Å². The lowest BCUT2D eigenvalue weighted by atomic mass is 9.96. The second-order valence-electron chi connectivity index (χ2n) is 5.16. The smallest absolute Gasteiger partial charge is 0.339 e. The van der Waals surface area contributed by atoms with Gasteiger partial charge in [0.15, 0.2) is 0 Å². The van der Waals surface area contributed by atoms with Crippen molar-refractivity contribution in [2.75, 3.05) is 0 Å². The van der Waals surface area contributed by atoms with Gasteiger partial charge < -0.3 is 9.84 Å². The first-order chi connectivity index (χ1) is 10.5. The van der Waals surface area contributed by atoms with Crippen LogP contribution in [0, 0.1) is 0 Å². The van der Waals surface area contributed by atoms with Gasteiger partial charge >= 0.3 is 11.9 Å². The van der Waals surface area contributed by atoms with Gasteiger partial charge in [0, 0.05) is 5.92 Å². The van der Waals surface area contributed by atoms with E-state index in [9.17, 15) is 9.59 Å². The first-order valence-corrected chi connectivity index (χ1v) is 7.09. The molecule has 0 aliphatic rings. The van der Waals surface area contributed by atoms with Crippen LogP contribution in [0.4, 0.5) is 0 Å². The maximum Gasteiger partial charge on any atom is 0.339 e. The van der Waals surface area contributed by atoms with Crippen molar-refractivity contribution in [2.24, 2.45) is 0 Å². The second-order valence-corrected chi connectivity index (χ2v) is 5.16. The van der Waals surface area contributed by atoms with E-state index in [-0.39, 0.29) is 23.1 Å². The van der Waals surface area contributed by atoms with Gasteiger partial charge in [0.1, 0.15) is 6.10 Å². The Balaban J connectivity index is 2.14. The summed E-state index contributed by atoms with van der Waals surface area (Å²) in [7, 11) is 0. The summed E-state index contributed by atoms with van der Waals surface area (Å²) in [4.78, 5) is 23.4. The molecule has 1 N–H and O–H groups in total. The number of hydrogen-bond acceptors (Lipinski definition) is 3. The highest BCUT2D eigenvalue weighted by atomic mass is 16.5. The van der Waals surface area contributed by atoms with Crippen molar-refractivity contribution < 1.29 is 19.4 Å². The first-order valence-electron chi connectivity index (χ1n) is 7.09.